The highest BCUT2D eigenvalue weighted by molar-refractivity contribution is 5.29. The van der Waals surface area contributed by atoms with Gasteiger partial charge in [0.05, 0.1) is 6.10 Å². The molecule has 0 saturated heterocycles. The first-order chi connectivity index (χ1) is 8.15. The quantitative estimate of drug-likeness (QED) is 0.820. The minimum atomic E-state index is 0.118. The average Bonchev–Trinajstić information content (AvgIpc) is 3.11. The van der Waals surface area contributed by atoms with Crippen LogP contribution in [0.1, 0.15) is 30.9 Å². The third-order valence-electron chi connectivity index (χ3n) is 3.02. The minimum Gasteiger partial charge on any atom is -0.490 e. The van der Waals surface area contributed by atoms with Gasteiger partial charge in [0.25, 0.3) is 0 Å². The van der Waals surface area contributed by atoms with Gasteiger partial charge in [-0.05, 0) is 57.6 Å². The van der Waals surface area contributed by atoms with E-state index in [-0.39, 0.29) is 6.04 Å². The van der Waals surface area contributed by atoms with Gasteiger partial charge in [-0.25, -0.2) is 0 Å². The topological polar surface area (TPSA) is 38.5 Å². The van der Waals surface area contributed by atoms with E-state index in [0.717, 1.165) is 18.7 Å². The van der Waals surface area contributed by atoms with Crippen molar-refractivity contribution in [3.8, 4) is 5.75 Å². The zero-order valence-electron chi connectivity index (χ0n) is 10.7. The van der Waals surface area contributed by atoms with Crippen molar-refractivity contribution >= 4 is 0 Å². The van der Waals surface area contributed by atoms with Gasteiger partial charge in [-0.2, -0.15) is 0 Å². The van der Waals surface area contributed by atoms with Gasteiger partial charge < -0.3 is 15.4 Å². The van der Waals surface area contributed by atoms with E-state index in [1.807, 2.05) is 12.1 Å². The summed E-state index contributed by atoms with van der Waals surface area (Å²) in [6.07, 6.45) is 3.84. The van der Waals surface area contributed by atoms with Crippen molar-refractivity contribution in [3.63, 3.8) is 0 Å². The first-order valence-electron chi connectivity index (χ1n) is 6.32. The number of benzene rings is 1. The highest BCUT2D eigenvalue weighted by atomic mass is 16.5. The molecule has 0 amide bonds. The summed E-state index contributed by atoms with van der Waals surface area (Å²) in [6, 6.07) is 8.34. The van der Waals surface area contributed by atoms with Crippen molar-refractivity contribution in [2.45, 2.75) is 31.4 Å². The van der Waals surface area contributed by atoms with E-state index in [4.69, 9.17) is 10.5 Å². The van der Waals surface area contributed by atoms with Gasteiger partial charge in [0.2, 0.25) is 0 Å². The molecule has 1 aliphatic carbocycles. The second-order valence-corrected chi connectivity index (χ2v) is 5.08. The summed E-state index contributed by atoms with van der Waals surface area (Å²) in [5.41, 5.74) is 7.33. The van der Waals surface area contributed by atoms with Crippen LogP contribution in [0.2, 0.25) is 0 Å². The van der Waals surface area contributed by atoms with Crippen molar-refractivity contribution in [1.29, 1.82) is 0 Å². The number of nitrogens with zero attached hydrogens (tertiary/aromatic N) is 1. The molecule has 1 aromatic carbocycles. The molecule has 1 saturated carbocycles. The van der Waals surface area contributed by atoms with Crippen molar-refractivity contribution in [3.05, 3.63) is 29.8 Å². The maximum Gasteiger partial charge on any atom is 0.119 e. The number of hydrogen-bond donors (Lipinski definition) is 1. The lowest BCUT2D eigenvalue weighted by atomic mass is 10.0. The fourth-order valence-corrected chi connectivity index (χ4v) is 1.74. The van der Waals surface area contributed by atoms with E-state index in [9.17, 15) is 0 Å². The number of hydrogen-bond acceptors (Lipinski definition) is 3. The van der Waals surface area contributed by atoms with E-state index < -0.39 is 0 Å². The van der Waals surface area contributed by atoms with Gasteiger partial charge in [0, 0.05) is 6.04 Å². The fraction of sp³-hybridized carbons (Fsp3) is 0.571. The summed E-state index contributed by atoms with van der Waals surface area (Å²) in [5.74, 6) is 0.969. The summed E-state index contributed by atoms with van der Waals surface area (Å²) in [5, 5.41) is 0. The van der Waals surface area contributed by atoms with Crippen molar-refractivity contribution in [1.82, 2.24) is 4.90 Å². The molecule has 3 heteroatoms. The van der Waals surface area contributed by atoms with Crippen molar-refractivity contribution in [2.24, 2.45) is 5.73 Å². The Bertz CT molecular complexity index is 344. The normalized spacial score (nSPS) is 17.2. The fourth-order valence-electron chi connectivity index (χ4n) is 1.74. The predicted molar refractivity (Wildman–Crippen MR) is 70.2 cm³/mol. The summed E-state index contributed by atoms with van der Waals surface area (Å²) in [7, 11) is 4.14. The van der Waals surface area contributed by atoms with Gasteiger partial charge in [0.15, 0.2) is 0 Å². The molecular weight excluding hydrogens is 212 g/mol. The van der Waals surface area contributed by atoms with Crippen LogP contribution in [0.25, 0.3) is 0 Å². The molecule has 94 valence electrons. The summed E-state index contributed by atoms with van der Waals surface area (Å²) < 4.78 is 5.71. The van der Waals surface area contributed by atoms with Crippen molar-refractivity contribution < 1.29 is 4.74 Å². The SMILES string of the molecule is CN(C)CCC(N)c1ccc(OC2CC2)cc1. The molecule has 1 fully saturated rings. The van der Waals surface area contributed by atoms with Crippen LogP contribution in [0.5, 0.6) is 5.75 Å². The molecular formula is C14H22N2O. The van der Waals surface area contributed by atoms with Crippen LogP contribution in [-0.4, -0.2) is 31.6 Å². The highest BCUT2D eigenvalue weighted by Gasteiger charge is 2.23. The molecule has 2 rings (SSSR count). The summed E-state index contributed by atoms with van der Waals surface area (Å²) in [4.78, 5) is 2.16. The van der Waals surface area contributed by atoms with Crippen molar-refractivity contribution in [2.75, 3.05) is 20.6 Å². The summed E-state index contributed by atoms with van der Waals surface area (Å²) >= 11 is 0. The monoisotopic (exact) mass is 234 g/mol. The van der Waals surface area contributed by atoms with Crippen LogP contribution in [0, 0.1) is 0 Å². The van der Waals surface area contributed by atoms with E-state index in [0.29, 0.717) is 6.10 Å². The molecule has 2 N–H and O–H groups in total. The Labute approximate surface area is 104 Å². The Morgan fingerprint density at radius 2 is 1.94 bits per heavy atom. The van der Waals surface area contributed by atoms with Crippen LogP contribution in [0.15, 0.2) is 24.3 Å². The van der Waals surface area contributed by atoms with Crippen LogP contribution >= 0.6 is 0 Å². The predicted octanol–water partition coefficient (Wildman–Crippen LogP) is 2.18. The van der Waals surface area contributed by atoms with Gasteiger partial charge in [0.1, 0.15) is 5.75 Å². The first-order valence-corrected chi connectivity index (χ1v) is 6.32. The zero-order valence-corrected chi connectivity index (χ0v) is 10.7. The maximum absolute atomic E-state index is 6.14. The van der Waals surface area contributed by atoms with Gasteiger partial charge >= 0.3 is 0 Å². The van der Waals surface area contributed by atoms with Gasteiger partial charge in [-0.1, -0.05) is 12.1 Å². The Hall–Kier alpha value is -1.06. The largest absolute Gasteiger partial charge is 0.490 e. The third-order valence-corrected chi connectivity index (χ3v) is 3.02. The molecule has 0 radical (unpaired) electrons. The van der Waals surface area contributed by atoms with E-state index in [1.54, 1.807) is 0 Å². The molecule has 17 heavy (non-hydrogen) atoms. The van der Waals surface area contributed by atoms with E-state index in [1.165, 1.54) is 18.4 Å². The second kappa shape index (κ2) is 5.52. The van der Waals surface area contributed by atoms with E-state index >= 15 is 0 Å². The molecule has 0 aromatic heterocycles. The lowest BCUT2D eigenvalue weighted by Crippen LogP contribution is -2.20. The molecule has 0 spiro atoms. The number of ether oxygens (including phenoxy) is 1. The Morgan fingerprint density at radius 3 is 2.47 bits per heavy atom. The lowest BCUT2D eigenvalue weighted by molar-refractivity contribution is 0.303. The van der Waals surface area contributed by atoms with Crippen LogP contribution in [-0.2, 0) is 0 Å². The lowest BCUT2D eigenvalue weighted by Gasteiger charge is -2.16. The maximum atomic E-state index is 6.14. The van der Waals surface area contributed by atoms with Gasteiger partial charge in [-0.15, -0.1) is 0 Å². The molecule has 0 heterocycles. The molecule has 3 nitrogen and oxygen atoms in total. The smallest absolute Gasteiger partial charge is 0.119 e. The van der Waals surface area contributed by atoms with Crippen LogP contribution < -0.4 is 10.5 Å². The average molecular weight is 234 g/mol. The molecule has 0 aliphatic heterocycles. The Kier molecular flexibility index (Phi) is 4.02. The van der Waals surface area contributed by atoms with Crippen LogP contribution in [0.4, 0.5) is 0 Å². The molecule has 1 atom stereocenters. The Morgan fingerprint density at radius 1 is 1.29 bits per heavy atom. The summed E-state index contributed by atoms with van der Waals surface area (Å²) in [6.45, 7) is 1.02. The molecule has 1 unspecified atom stereocenters. The third kappa shape index (κ3) is 4.02. The molecule has 1 aromatic rings. The standard InChI is InChI=1S/C14H22N2O/c1-16(2)10-9-14(15)11-3-5-12(6-4-11)17-13-7-8-13/h3-6,13-14H,7-10,15H2,1-2H3. The number of rotatable bonds is 6. The first kappa shape index (κ1) is 12.4. The van der Waals surface area contributed by atoms with Crippen LogP contribution in [0.3, 0.4) is 0 Å². The molecule has 0 bridgehead atoms. The second-order valence-electron chi connectivity index (χ2n) is 5.08. The number of nitrogens with two attached hydrogens (primary N) is 1. The van der Waals surface area contributed by atoms with Gasteiger partial charge in [-0.3, -0.25) is 0 Å². The minimum absolute atomic E-state index is 0.118. The Balaban J connectivity index is 1.87. The zero-order chi connectivity index (χ0) is 12.3. The van der Waals surface area contributed by atoms with E-state index in [2.05, 4.69) is 31.1 Å². The molecule has 1 aliphatic rings. The highest BCUT2D eigenvalue weighted by Crippen LogP contribution is 2.27.